The highest BCUT2D eigenvalue weighted by atomic mass is 16.6. The predicted molar refractivity (Wildman–Crippen MR) is 307 cm³/mol. The highest BCUT2D eigenvalue weighted by molar-refractivity contribution is 6.04. The van der Waals surface area contributed by atoms with Gasteiger partial charge in [0.15, 0.2) is 45.3 Å². The maximum atomic E-state index is 12.5. The van der Waals surface area contributed by atoms with Crippen molar-refractivity contribution < 1.29 is 70.0 Å². The number of nitrogens with one attached hydrogen (secondary N) is 3. The van der Waals surface area contributed by atoms with Crippen LogP contribution in [-0.4, -0.2) is 93.5 Å². The van der Waals surface area contributed by atoms with E-state index in [0.717, 1.165) is 22.5 Å². The lowest BCUT2D eigenvalue weighted by atomic mass is 10.2. The van der Waals surface area contributed by atoms with Gasteiger partial charge in [0, 0.05) is 30.2 Å². The molecular formula is C59H55N9O15. The van der Waals surface area contributed by atoms with Crippen LogP contribution in [0.5, 0.6) is 23.0 Å². The molecule has 0 atom stereocenters. The van der Waals surface area contributed by atoms with Crippen LogP contribution in [0.3, 0.4) is 0 Å². The maximum absolute atomic E-state index is 12.5. The van der Waals surface area contributed by atoms with E-state index in [-0.39, 0.29) is 23.6 Å². The minimum atomic E-state index is -0.601. The molecule has 83 heavy (non-hydrogen) atoms. The summed E-state index contributed by atoms with van der Waals surface area (Å²) in [6, 6.07) is 41.5. The molecule has 0 saturated heterocycles. The van der Waals surface area contributed by atoms with Crippen molar-refractivity contribution in [1.29, 1.82) is 0 Å². The number of nitrogen functional groups attached to an aromatic ring is 2. The molecule has 1 amide bonds. The molecule has 426 valence electrons. The van der Waals surface area contributed by atoms with Gasteiger partial charge in [-0.05, 0) is 114 Å². The standard InChI is InChI=1S/C23H22N4O4.C18H18N2O5.C9H8N2O3.C9H7NO3/c1-29-20-9-7-14(11-21(20)30-2)13-25-15-8-10-19-18(12-15)27-23(31-19)22(28)26-17-6-4-3-5-16(17)24;1-22-15-6-4-11(8-16(15)23-2)10-19-12-5-7-14-13(9-12)20-17(25-14)18(21)24-3;1-13-9(12)8-11-6-4-5(10)2-3-7(6)14-8;1-12-9(11)8-10-6-4-2-3-5-7(6)13-8/h3-12,25H,13,24H2,1-2H3,(H,26,28);4-9,19H,10H2,1-3H3;2-4H,10H2,1H3;2-5H,1H3. The van der Waals surface area contributed by atoms with Crippen LogP contribution in [0.4, 0.5) is 28.4 Å². The van der Waals surface area contributed by atoms with Gasteiger partial charge in [-0.1, -0.05) is 36.4 Å². The van der Waals surface area contributed by atoms with E-state index in [1.54, 1.807) is 95.2 Å². The number of nitrogens with zero attached hydrogens (tertiary/aromatic N) is 4. The largest absolute Gasteiger partial charge is 0.493 e. The number of para-hydroxylation sites is 4. The number of aromatic nitrogens is 4. The molecule has 0 bridgehead atoms. The summed E-state index contributed by atoms with van der Waals surface area (Å²) in [7, 11) is 10.3. The molecule has 7 aromatic carbocycles. The lowest BCUT2D eigenvalue weighted by molar-refractivity contribution is 0.0551. The number of ether oxygens (including phenoxy) is 7. The minimum Gasteiger partial charge on any atom is -0.493 e. The molecule has 0 radical (unpaired) electrons. The summed E-state index contributed by atoms with van der Waals surface area (Å²) >= 11 is 0. The smallest absolute Gasteiger partial charge is 0.394 e. The molecule has 24 heteroatoms. The van der Waals surface area contributed by atoms with Crippen LogP contribution in [0.2, 0.25) is 0 Å². The van der Waals surface area contributed by atoms with Gasteiger partial charge in [0.1, 0.15) is 22.1 Å². The molecule has 0 saturated carbocycles. The first-order valence-electron chi connectivity index (χ1n) is 24.9. The van der Waals surface area contributed by atoms with Crippen LogP contribution in [0.25, 0.3) is 44.4 Å². The third-order valence-electron chi connectivity index (χ3n) is 11.9. The molecule has 4 heterocycles. The molecule has 7 N–H and O–H groups in total. The summed E-state index contributed by atoms with van der Waals surface area (Å²) in [5, 5.41) is 9.34. The number of carbonyl (C=O) groups is 4. The molecule has 11 rings (SSSR count). The summed E-state index contributed by atoms with van der Waals surface area (Å²) in [6.07, 6.45) is 0. The zero-order valence-corrected chi connectivity index (χ0v) is 45.8. The van der Waals surface area contributed by atoms with Crippen LogP contribution >= 0.6 is 0 Å². The number of amides is 1. The van der Waals surface area contributed by atoms with Crippen LogP contribution in [0, 0.1) is 0 Å². The highest BCUT2D eigenvalue weighted by Gasteiger charge is 2.19. The number of hydrogen-bond acceptors (Lipinski definition) is 23. The number of benzene rings is 7. The molecule has 11 aromatic rings. The number of fused-ring (bicyclic) bond motifs is 4. The minimum absolute atomic E-state index is 0.0105. The Balaban J connectivity index is 0.000000154. The van der Waals surface area contributed by atoms with Gasteiger partial charge in [0.25, 0.3) is 5.89 Å². The van der Waals surface area contributed by atoms with Gasteiger partial charge < -0.3 is 78.2 Å². The van der Waals surface area contributed by atoms with Crippen LogP contribution in [-0.2, 0) is 27.3 Å². The number of carbonyl (C=O) groups excluding carboxylic acids is 4. The maximum Gasteiger partial charge on any atom is 0.394 e. The molecule has 0 spiro atoms. The Morgan fingerprint density at radius 2 is 0.831 bits per heavy atom. The van der Waals surface area contributed by atoms with Crippen LogP contribution in [0.1, 0.15) is 53.9 Å². The van der Waals surface area contributed by atoms with Gasteiger partial charge in [0.2, 0.25) is 0 Å². The third kappa shape index (κ3) is 14.5. The van der Waals surface area contributed by atoms with Crippen molar-refractivity contribution in [2.75, 3.05) is 77.2 Å². The third-order valence-corrected chi connectivity index (χ3v) is 11.9. The SMILES string of the molecule is COC(=O)c1nc2cc(N)ccc2o1.COC(=O)c1nc2cc(NCc3ccc(OC)c(OC)c3)ccc2o1.COC(=O)c1nc2ccccc2o1.COc1ccc(CNc2ccc3oc(C(=O)Nc4ccccc4N)nc3c2)cc1OC. The van der Waals surface area contributed by atoms with E-state index in [9.17, 15) is 19.2 Å². The van der Waals surface area contributed by atoms with Crippen molar-refractivity contribution in [1.82, 2.24) is 19.9 Å². The number of esters is 3. The van der Waals surface area contributed by atoms with Crippen molar-refractivity contribution >= 4 is 96.7 Å². The number of nitrogens with two attached hydrogens (primary N) is 2. The van der Waals surface area contributed by atoms with Crippen molar-refractivity contribution in [2.24, 2.45) is 0 Å². The van der Waals surface area contributed by atoms with E-state index in [4.69, 9.17) is 48.1 Å². The monoisotopic (exact) mass is 1130 g/mol. The van der Waals surface area contributed by atoms with Crippen molar-refractivity contribution in [2.45, 2.75) is 13.1 Å². The number of anilines is 5. The fourth-order valence-corrected chi connectivity index (χ4v) is 7.69. The Morgan fingerprint density at radius 3 is 1.30 bits per heavy atom. The molecule has 24 nitrogen and oxygen atoms in total. The number of oxazole rings is 4. The van der Waals surface area contributed by atoms with Gasteiger partial charge in [-0.25, -0.2) is 34.3 Å². The average molecular weight is 1130 g/mol. The summed E-state index contributed by atoms with van der Waals surface area (Å²) in [5.41, 5.74) is 21.2. The van der Waals surface area contributed by atoms with Gasteiger partial charge in [-0.3, -0.25) is 4.79 Å². The Morgan fingerprint density at radius 1 is 0.422 bits per heavy atom. The normalized spacial score (nSPS) is 10.5. The summed E-state index contributed by atoms with van der Waals surface area (Å²) in [5.74, 6) is 0.325. The summed E-state index contributed by atoms with van der Waals surface area (Å²) < 4.78 is 55.9. The first-order valence-corrected chi connectivity index (χ1v) is 24.9. The quantitative estimate of drug-likeness (QED) is 0.0362. The van der Waals surface area contributed by atoms with Gasteiger partial charge in [0.05, 0.1) is 61.1 Å². The molecular weight excluding hydrogens is 1070 g/mol. The fraction of sp³-hybridized carbons (Fsp3) is 0.153. The Hall–Kier alpha value is -11.3. The fourth-order valence-electron chi connectivity index (χ4n) is 7.69. The van der Waals surface area contributed by atoms with E-state index in [1.165, 1.54) is 21.3 Å². The number of rotatable bonds is 15. The lowest BCUT2D eigenvalue weighted by Gasteiger charge is -2.11. The van der Waals surface area contributed by atoms with Gasteiger partial charge in [-0.2, -0.15) is 0 Å². The first-order chi connectivity index (χ1) is 40.2. The van der Waals surface area contributed by atoms with E-state index < -0.39 is 23.8 Å². The topological polar surface area (TPSA) is 325 Å². The Bertz CT molecular complexity index is 4040. The lowest BCUT2D eigenvalue weighted by Crippen LogP contribution is -2.13. The molecule has 0 aliphatic rings. The molecule has 4 aromatic heterocycles. The van der Waals surface area contributed by atoms with Crippen LogP contribution < -0.4 is 46.4 Å². The van der Waals surface area contributed by atoms with Gasteiger partial charge in [-0.15, -0.1) is 0 Å². The highest BCUT2D eigenvalue weighted by Crippen LogP contribution is 2.30. The number of methoxy groups -OCH3 is 7. The van der Waals surface area contributed by atoms with Crippen molar-refractivity contribution in [3.05, 3.63) is 174 Å². The second-order valence-electron chi connectivity index (χ2n) is 17.2. The zero-order valence-electron chi connectivity index (χ0n) is 45.8. The second kappa shape index (κ2) is 27.0. The van der Waals surface area contributed by atoms with Gasteiger partial charge >= 0.3 is 41.5 Å². The second-order valence-corrected chi connectivity index (χ2v) is 17.2. The Labute approximate surface area is 472 Å². The van der Waals surface area contributed by atoms with Crippen molar-refractivity contribution in [3.63, 3.8) is 0 Å². The molecule has 0 aliphatic heterocycles. The van der Waals surface area contributed by atoms with E-state index in [2.05, 4.69) is 50.1 Å². The average Bonchev–Trinajstić information content (AvgIpc) is 4.37. The molecule has 0 aliphatic carbocycles. The Kier molecular flexibility index (Phi) is 18.9. The number of hydrogen-bond donors (Lipinski definition) is 5. The zero-order chi connectivity index (χ0) is 59.0. The molecule has 0 unspecified atom stereocenters. The predicted octanol–water partition coefficient (Wildman–Crippen LogP) is 10.3. The van der Waals surface area contributed by atoms with E-state index in [1.807, 2.05) is 72.8 Å². The first kappa shape index (κ1) is 57.9. The van der Waals surface area contributed by atoms with E-state index in [0.29, 0.717) is 97.5 Å². The van der Waals surface area contributed by atoms with Crippen molar-refractivity contribution in [3.8, 4) is 23.0 Å². The van der Waals surface area contributed by atoms with E-state index >= 15 is 0 Å². The summed E-state index contributed by atoms with van der Waals surface area (Å²) in [4.78, 5) is 62.3. The molecule has 0 fully saturated rings. The van der Waals surface area contributed by atoms with Crippen LogP contribution in [0.15, 0.2) is 157 Å². The summed E-state index contributed by atoms with van der Waals surface area (Å²) in [6.45, 7) is 1.16.